The maximum atomic E-state index is 5.69. The van der Waals surface area contributed by atoms with Gasteiger partial charge in [-0.3, -0.25) is 0 Å². The highest BCUT2D eigenvalue weighted by Gasteiger charge is 2.03. The second-order valence-electron chi connectivity index (χ2n) is 3.47. The van der Waals surface area contributed by atoms with E-state index >= 15 is 0 Å². The lowest BCUT2D eigenvalue weighted by molar-refractivity contribution is 0.867. The summed E-state index contributed by atoms with van der Waals surface area (Å²) in [5, 5.41) is 0. The molecule has 0 aliphatic carbocycles. The second-order valence-corrected chi connectivity index (χ2v) is 5.35. The van der Waals surface area contributed by atoms with Crippen molar-refractivity contribution in [3.63, 3.8) is 0 Å². The molecule has 0 bridgehead atoms. The normalized spacial score (nSPS) is 10.6. The average Bonchev–Trinajstić information content (AvgIpc) is 2.63. The number of aromatic nitrogens is 2. The van der Waals surface area contributed by atoms with Gasteiger partial charge in [0, 0.05) is 39.7 Å². The molecule has 0 fully saturated rings. The number of halogens is 1. The van der Waals surface area contributed by atoms with Crippen molar-refractivity contribution in [3.05, 3.63) is 40.9 Å². The number of benzene rings is 1. The van der Waals surface area contributed by atoms with Crippen LogP contribution in [-0.4, -0.2) is 9.55 Å². The van der Waals surface area contributed by atoms with Gasteiger partial charge in [-0.2, -0.15) is 0 Å². The lowest BCUT2D eigenvalue weighted by Gasteiger charge is -2.05. The Hall–Kier alpha value is -0.940. The number of nitrogen functional groups attached to an aromatic ring is 1. The van der Waals surface area contributed by atoms with Crippen molar-refractivity contribution in [2.75, 3.05) is 5.73 Å². The van der Waals surface area contributed by atoms with Gasteiger partial charge in [0.1, 0.15) is 0 Å². The fraction of sp³-hybridized carbons (Fsp3) is 0.182. The van der Waals surface area contributed by atoms with E-state index in [1.54, 1.807) is 11.8 Å². The Morgan fingerprint density at radius 2 is 2.31 bits per heavy atom. The first-order valence-corrected chi connectivity index (χ1v) is 6.57. The van der Waals surface area contributed by atoms with Gasteiger partial charge >= 0.3 is 0 Å². The van der Waals surface area contributed by atoms with Gasteiger partial charge in [-0.1, -0.05) is 0 Å². The molecule has 1 aromatic heterocycles. The number of thioether (sulfide) groups is 1. The first-order valence-electron chi connectivity index (χ1n) is 4.80. The topological polar surface area (TPSA) is 43.8 Å². The third-order valence-electron chi connectivity index (χ3n) is 2.25. The third-order valence-corrected chi connectivity index (χ3v) is 4.27. The second kappa shape index (κ2) is 4.93. The zero-order valence-corrected chi connectivity index (χ0v) is 11.3. The number of rotatable bonds is 3. The average molecular weight is 298 g/mol. The lowest BCUT2D eigenvalue weighted by Crippen LogP contribution is -1.92. The smallest absolute Gasteiger partial charge is 0.0945 e. The predicted molar refractivity (Wildman–Crippen MR) is 71.3 cm³/mol. The van der Waals surface area contributed by atoms with Gasteiger partial charge in [0.15, 0.2) is 0 Å². The first kappa shape index (κ1) is 11.5. The van der Waals surface area contributed by atoms with Crippen LogP contribution in [0.3, 0.4) is 0 Å². The van der Waals surface area contributed by atoms with E-state index in [0.717, 1.165) is 15.9 Å². The van der Waals surface area contributed by atoms with E-state index in [9.17, 15) is 0 Å². The molecule has 0 spiro atoms. The van der Waals surface area contributed by atoms with Crippen LogP contribution in [0.15, 0.2) is 40.1 Å². The van der Waals surface area contributed by atoms with Gasteiger partial charge in [-0.25, -0.2) is 4.98 Å². The van der Waals surface area contributed by atoms with Crippen molar-refractivity contribution in [1.29, 1.82) is 0 Å². The molecule has 3 nitrogen and oxygen atoms in total. The molecule has 0 amide bonds. The fourth-order valence-corrected chi connectivity index (χ4v) is 2.99. The summed E-state index contributed by atoms with van der Waals surface area (Å²) in [6, 6.07) is 5.86. The molecule has 2 aromatic rings. The van der Waals surface area contributed by atoms with Crippen LogP contribution >= 0.6 is 27.7 Å². The van der Waals surface area contributed by atoms with E-state index < -0.39 is 0 Å². The molecular formula is C11H12BrN3S. The van der Waals surface area contributed by atoms with Gasteiger partial charge in [0.25, 0.3) is 0 Å². The summed E-state index contributed by atoms with van der Waals surface area (Å²) >= 11 is 5.27. The van der Waals surface area contributed by atoms with E-state index in [-0.39, 0.29) is 0 Å². The highest BCUT2D eigenvalue weighted by Crippen LogP contribution is 2.31. The van der Waals surface area contributed by atoms with Crippen LogP contribution in [0.2, 0.25) is 0 Å². The molecule has 16 heavy (non-hydrogen) atoms. The summed E-state index contributed by atoms with van der Waals surface area (Å²) in [6.07, 6.45) is 3.70. The summed E-state index contributed by atoms with van der Waals surface area (Å²) in [5.41, 5.74) is 7.67. The summed E-state index contributed by atoms with van der Waals surface area (Å²) in [4.78, 5) is 5.28. The van der Waals surface area contributed by atoms with Crippen LogP contribution < -0.4 is 5.73 Å². The van der Waals surface area contributed by atoms with Crippen LogP contribution in [0.4, 0.5) is 5.69 Å². The number of nitrogens with two attached hydrogens (primary N) is 1. The summed E-state index contributed by atoms with van der Waals surface area (Å²) in [6.45, 7) is 0. The molecule has 0 aliphatic heterocycles. The molecule has 0 unspecified atom stereocenters. The number of aryl methyl sites for hydroxylation is 1. The molecule has 2 N–H and O–H groups in total. The predicted octanol–water partition coefficient (Wildman–Crippen LogP) is 3.06. The highest BCUT2D eigenvalue weighted by molar-refractivity contribution is 9.10. The standard InChI is InChI=1S/C11H12BrN3S/c1-15-7-14-5-9(15)6-16-11-3-2-8(13)4-10(11)12/h2-5,7H,6,13H2,1H3. The van der Waals surface area contributed by atoms with Crippen LogP contribution in [0, 0.1) is 0 Å². The SMILES string of the molecule is Cn1cncc1CSc1ccc(N)cc1Br. The minimum Gasteiger partial charge on any atom is -0.399 e. The Bertz CT molecular complexity index is 496. The van der Waals surface area contributed by atoms with Crippen LogP contribution in [0.5, 0.6) is 0 Å². The largest absolute Gasteiger partial charge is 0.399 e. The van der Waals surface area contributed by atoms with E-state index in [2.05, 4.69) is 20.9 Å². The van der Waals surface area contributed by atoms with Crippen molar-refractivity contribution in [2.24, 2.45) is 7.05 Å². The van der Waals surface area contributed by atoms with Gasteiger partial charge in [0.2, 0.25) is 0 Å². The molecule has 1 heterocycles. The van der Waals surface area contributed by atoms with E-state index in [4.69, 9.17) is 5.73 Å². The molecule has 1 aromatic carbocycles. The molecule has 0 saturated carbocycles. The highest BCUT2D eigenvalue weighted by atomic mass is 79.9. The summed E-state index contributed by atoms with van der Waals surface area (Å²) in [5.74, 6) is 0.902. The minimum atomic E-state index is 0.775. The van der Waals surface area contributed by atoms with E-state index in [1.165, 1.54) is 10.6 Å². The lowest BCUT2D eigenvalue weighted by atomic mass is 10.3. The molecule has 0 atom stereocenters. The molecule has 0 radical (unpaired) electrons. The molecular weight excluding hydrogens is 286 g/mol. The third kappa shape index (κ3) is 2.59. The van der Waals surface area contributed by atoms with Crippen LogP contribution in [0.1, 0.15) is 5.69 Å². The number of anilines is 1. The van der Waals surface area contributed by atoms with Crippen LogP contribution in [0.25, 0.3) is 0 Å². The fourth-order valence-electron chi connectivity index (χ4n) is 1.31. The quantitative estimate of drug-likeness (QED) is 0.699. The van der Waals surface area contributed by atoms with Crippen molar-refractivity contribution < 1.29 is 0 Å². The van der Waals surface area contributed by atoms with E-state index in [1.807, 2.05) is 42.3 Å². The minimum absolute atomic E-state index is 0.775. The monoisotopic (exact) mass is 297 g/mol. The Morgan fingerprint density at radius 1 is 1.50 bits per heavy atom. The van der Waals surface area contributed by atoms with Crippen molar-refractivity contribution in [2.45, 2.75) is 10.6 Å². The summed E-state index contributed by atoms with van der Waals surface area (Å²) < 4.78 is 3.07. The van der Waals surface area contributed by atoms with E-state index in [0.29, 0.717) is 0 Å². The van der Waals surface area contributed by atoms with Gasteiger partial charge in [0.05, 0.1) is 6.33 Å². The Morgan fingerprint density at radius 3 is 2.94 bits per heavy atom. The Labute approximate surface area is 107 Å². The van der Waals surface area contributed by atoms with Gasteiger partial charge in [-0.05, 0) is 34.1 Å². The Balaban J connectivity index is 2.08. The maximum Gasteiger partial charge on any atom is 0.0945 e. The van der Waals surface area contributed by atoms with Gasteiger partial charge < -0.3 is 10.3 Å². The number of nitrogens with zero attached hydrogens (tertiary/aromatic N) is 2. The van der Waals surface area contributed by atoms with Crippen molar-refractivity contribution in [3.8, 4) is 0 Å². The maximum absolute atomic E-state index is 5.69. The number of hydrogen-bond acceptors (Lipinski definition) is 3. The number of hydrogen-bond donors (Lipinski definition) is 1. The Kier molecular flexibility index (Phi) is 3.56. The van der Waals surface area contributed by atoms with Crippen molar-refractivity contribution in [1.82, 2.24) is 9.55 Å². The molecule has 2 rings (SSSR count). The zero-order chi connectivity index (χ0) is 11.5. The van der Waals surface area contributed by atoms with Crippen molar-refractivity contribution >= 4 is 33.4 Å². The molecule has 0 saturated heterocycles. The molecule has 0 aliphatic rings. The summed E-state index contributed by atoms with van der Waals surface area (Å²) in [7, 11) is 2.00. The first-order chi connectivity index (χ1) is 7.66. The van der Waals surface area contributed by atoms with Crippen LogP contribution in [-0.2, 0) is 12.8 Å². The number of imidazole rings is 1. The molecule has 84 valence electrons. The molecule has 5 heteroatoms. The van der Waals surface area contributed by atoms with Gasteiger partial charge in [-0.15, -0.1) is 11.8 Å². The zero-order valence-electron chi connectivity index (χ0n) is 8.85.